The predicted molar refractivity (Wildman–Crippen MR) is 62.2 cm³/mol. The van der Waals surface area contributed by atoms with Crippen molar-refractivity contribution in [2.75, 3.05) is 6.61 Å². The number of fused-ring (bicyclic) bond motifs is 1. The topological polar surface area (TPSA) is 50.7 Å². The maximum Gasteiger partial charge on any atom is 0.409 e. The molecule has 1 aromatic carbocycles. The molecule has 2 rings (SSSR count). The van der Waals surface area contributed by atoms with Crippen molar-refractivity contribution < 1.29 is 18.3 Å². The van der Waals surface area contributed by atoms with Gasteiger partial charge in [0, 0.05) is 11.6 Å². The van der Waals surface area contributed by atoms with Crippen LogP contribution in [0.1, 0.15) is 12.5 Å². The first kappa shape index (κ1) is 12.8. The molecule has 0 saturated heterocycles. The highest BCUT2D eigenvalue weighted by Gasteiger charge is 2.38. The Labute approximate surface area is 107 Å². The normalized spacial score (nSPS) is 20.7. The van der Waals surface area contributed by atoms with Crippen LogP contribution in [0.15, 0.2) is 17.1 Å². The molecule has 0 radical (unpaired) electrons. The Kier molecular flexibility index (Phi) is 3.21. The van der Waals surface area contributed by atoms with Gasteiger partial charge in [0.15, 0.2) is 10.8 Å². The van der Waals surface area contributed by atoms with Gasteiger partial charge in [-0.1, -0.05) is 11.6 Å². The molecule has 1 N–H and O–H groups in total. The molecule has 0 aromatic heterocycles. The van der Waals surface area contributed by atoms with Gasteiger partial charge in [-0.3, -0.25) is 10.3 Å². The number of carbonyl (C=O) groups is 1. The average molecular weight is 275 g/mol. The summed E-state index contributed by atoms with van der Waals surface area (Å²) in [5.74, 6) is -1.64. The van der Waals surface area contributed by atoms with Crippen LogP contribution >= 0.6 is 11.6 Å². The van der Waals surface area contributed by atoms with Crippen LogP contribution in [-0.2, 0) is 9.73 Å². The first-order valence-electron chi connectivity index (χ1n) is 5.15. The Morgan fingerprint density at radius 1 is 1.56 bits per heavy atom. The number of alkyl carbamates (subject to hydrolysis) is 1. The molecular weight excluding hydrogens is 266 g/mol. The second kappa shape index (κ2) is 4.53. The number of amides is 1. The highest BCUT2D eigenvalue weighted by Crippen LogP contribution is 2.40. The quantitative estimate of drug-likeness (QED) is 0.666. The Bertz CT molecular complexity index is 536. The number of nitrogens with one attached hydrogen (secondary N) is 1. The summed E-state index contributed by atoms with van der Waals surface area (Å²) < 4.78 is 31.2. The van der Waals surface area contributed by atoms with Crippen LogP contribution < -0.4 is 5.32 Å². The zero-order valence-electron chi connectivity index (χ0n) is 9.34. The number of nitrogens with zero attached hydrogens (tertiary/aromatic N) is 1. The number of carbonyl (C=O) groups excluding carboxylic acids is 1. The van der Waals surface area contributed by atoms with Gasteiger partial charge in [-0.15, -0.1) is 0 Å². The minimum Gasteiger partial charge on any atom is -0.450 e. The molecule has 18 heavy (non-hydrogen) atoms. The Balaban J connectivity index is 2.35. The fraction of sp³-hybridized carbons (Fsp3) is 0.273. The van der Waals surface area contributed by atoms with E-state index in [0.717, 1.165) is 12.3 Å². The van der Waals surface area contributed by atoms with Gasteiger partial charge in [-0.05, 0) is 13.0 Å². The monoisotopic (exact) mass is 274 g/mol. The lowest BCUT2D eigenvalue weighted by Gasteiger charge is -2.21. The number of ether oxygens (including phenoxy) is 1. The van der Waals surface area contributed by atoms with Crippen molar-refractivity contribution in [1.29, 1.82) is 0 Å². The Hall–Kier alpha value is -1.69. The molecule has 0 spiro atoms. The summed E-state index contributed by atoms with van der Waals surface area (Å²) >= 11 is 6.08. The zero-order valence-corrected chi connectivity index (χ0v) is 10.1. The van der Waals surface area contributed by atoms with Gasteiger partial charge in [0.25, 0.3) is 0 Å². The molecule has 0 aliphatic carbocycles. The second-order valence-electron chi connectivity index (χ2n) is 3.60. The van der Waals surface area contributed by atoms with E-state index in [-0.39, 0.29) is 17.9 Å². The van der Waals surface area contributed by atoms with Crippen LogP contribution in [-0.4, -0.2) is 18.9 Å². The largest absolute Gasteiger partial charge is 0.450 e. The van der Waals surface area contributed by atoms with Gasteiger partial charge in [0.2, 0.25) is 0 Å². The number of alkyl halides is 1. The molecule has 1 aromatic rings. The van der Waals surface area contributed by atoms with Crippen molar-refractivity contribution in [2.45, 2.75) is 11.9 Å². The van der Waals surface area contributed by atoms with Gasteiger partial charge >= 0.3 is 6.09 Å². The van der Waals surface area contributed by atoms with Crippen LogP contribution in [0.5, 0.6) is 0 Å². The highest BCUT2D eigenvalue weighted by atomic mass is 35.5. The maximum absolute atomic E-state index is 13.4. The summed E-state index contributed by atoms with van der Waals surface area (Å²) in [6.45, 7) is 1.77. The molecule has 0 saturated carbocycles. The third-order valence-electron chi connectivity index (χ3n) is 2.35. The number of benzene rings is 1. The summed E-state index contributed by atoms with van der Waals surface area (Å²) in [6.07, 6.45) is 0.329. The number of aliphatic imine (C=N–C) groups is 1. The minimum absolute atomic E-state index is 0.0368. The molecule has 1 aliphatic rings. The van der Waals surface area contributed by atoms with Crippen LogP contribution in [0, 0.1) is 11.6 Å². The lowest BCUT2D eigenvalue weighted by atomic mass is 10.1. The first-order chi connectivity index (χ1) is 8.46. The predicted octanol–water partition coefficient (Wildman–Crippen LogP) is 2.82. The molecule has 1 aliphatic heterocycles. The van der Waals surface area contributed by atoms with Crippen molar-refractivity contribution >= 4 is 29.6 Å². The molecule has 7 heteroatoms. The van der Waals surface area contributed by atoms with E-state index in [1.54, 1.807) is 6.92 Å². The number of halogens is 3. The van der Waals surface area contributed by atoms with Crippen LogP contribution in [0.3, 0.4) is 0 Å². The van der Waals surface area contributed by atoms with Crippen molar-refractivity contribution in [1.82, 2.24) is 5.32 Å². The van der Waals surface area contributed by atoms with E-state index in [1.165, 1.54) is 0 Å². The van der Waals surface area contributed by atoms with E-state index in [2.05, 4.69) is 15.0 Å². The lowest BCUT2D eigenvalue weighted by Crippen LogP contribution is -2.41. The molecule has 0 fully saturated rings. The molecular formula is C11H9ClF2N2O2. The summed E-state index contributed by atoms with van der Waals surface area (Å²) in [7, 11) is 0. The second-order valence-corrected chi connectivity index (χ2v) is 4.20. The van der Waals surface area contributed by atoms with Crippen molar-refractivity contribution in [2.24, 2.45) is 4.99 Å². The average Bonchev–Trinajstić information content (AvgIpc) is 2.57. The molecule has 1 heterocycles. The Morgan fingerprint density at radius 2 is 2.28 bits per heavy atom. The van der Waals surface area contributed by atoms with Crippen LogP contribution in [0.4, 0.5) is 19.3 Å². The fourth-order valence-corrected chi connectivity index (χ4v) is 1.88. The van der Waals surface area contributed by atoms with Gasteiger partial charge in [0.05, 0.1) is 12.8 Å². The molecule has 0 bridgehead atoms. The summed E-state index contributed by atoms with van der Waals surface area (Å²) in [5.41, 5.74) is -0.0575. The van der Waals surface area contributed by atoms with E-state index in [9.17, 15) is 13.6 Å². The molecule has 4 nitrogen and oxygen atoms in total. The standard InChI is InChI=1S/C11H9ClF2N2O2/c1-2-18-10(17)16-11(12)5-15-9-7(11)3-6(13)4-8(9)14/h3-5H,2H2,1H3,(H,16,17). The summed E-state index contributed by atoms with van der Waals surface area (Å²) in [5, 5.41) is 2.29. The molecule has 96 valence electrons. The van der Waals surface area contributed by atoms with Crippen LogP contribution in [0.2, 0.25) is 0 Å². The number of hydrogen-bond acceptors (Lipinski definition) is 3. The third kappa shape index (κ3) is 2.15. The summed E-state index contributed by atoms with van der Waals surface area (Å²) in [6, 6.07) is 1.72. The van der Waals surface area contributed by atoms with E-state index in [1.807, 2.05) is 0 Å². The molecule has 1 atom stereocenters. The van der Waals surface area contributed by atoms with Crippen molar-refractivity contribution in [3.05, 3.63) is 29.3 Å². The lowest BCUT2D eigenvalue weighted by molar-refractivity contribution is 0.149. The first-order valence-corrected chi connectivity index (χ1v) is 5.52. The maximum atomic E-state index is 13.4. The fourth-order valence-electron chi connectivity index (χ4n) is 1.61. The number of rotatable bonds is 2. The van der Waals surface area contributed by atoms with Gasteiger partial charge in [0.1, 0.15) is 11.5 Å². The van der Waals surface area contributed by atoms with Crippen molar-refractivity contribution in [3.8, 4) is 0 Å². The van der Waals surface area contributed by atoms with Gasteiger partial charge < -0.3 is 4.74 Å². The zero-order chi connectivity index (χ0) is 13.3. The minimum atomic E-state index is -1.59. The smallest absolute Gasteiger partial charge is 0.409 e. The molecule has 1 amide bonds. The third-order valence-corrected chi connectivity index (χ3v) is 2.75. The highest BCUT2D eigenvalue weighted by molar-refractivity contribution is 6.34. The van der Waals surface area contributed by atoms with E-state index >= 15 is 0 Å². The SMILES string of the molecule is CCOC(=O)NC1(Cl)C=Nc2c(F)cc(F)cc21. The summed E-state index contributed by atoms with van der Waals surface area (Å²) in [4.78, 5) is 13.5. The van der Waals surface area contributed by atoms with E-state index in [4.69, 9.17) is 11.6 Å². The van der Waals surface area contributed by atoms with E-state index in [0.29, 0.717) is 6.07 Å². The van der Waals surface area contributed by atoms with Crippen molar-refractivity contribution in [3.63, 3.8) is 0 Å². The van der Waals surface area contributed by atoms with Gasteiger partial charge in [-0.25, -0.2) is 13.6 Å². The van der Waals surface area contributed by atoms with Crippen LogP contribution in [0.25, 0.3) is 0 Å². The number of hydrogen-bond donors (Lipinski definition) is 1. The van der Waals surface area contributed by atoms with E-state index < -0.39 is 22.7 Å². The van der Waals surface area contributed by atoms with Gasteiger partial charge in [-0.2, -0.15) is 0 Å². The molecule has 1 unspecified atom stereocenters. The Morgan fingerprint density at radius 3 is 2.94 bits per heavy atom.